The Bertz CT molecular complexity index is 2110. The molecule has 310 valence electrons. The van der Waals surface area contributed by atoms with E-state index < -0.39 is 83.0 Å². The normalized spacial score (nSPS) is 14.5. The molecule has 58 heavy (non-hydrogen) atoms. The van der Waals surface area contributed by atoms with Gasteiger partial charge in [0.15, 0.2) is 0 Å². The molecule has 2 aliphatic carbocycles. The molecule has 0 spiro atoms. The third-order valence-corrected chi connectivity index (χ3v) is 18.5. The average Bonchev–Trinajstić information content (AvgIpc) is 3.71. The second-order valence-electron chi connectivity index (χ2n) is 16.2. The molecular formula is C43H36Cl2F12Zr. The maximum absolute atomic E-state index is 14.4. The van der Waals surface area contributed by atoms with Gasteiger partial charge in [0.1, 0.15) is 0 Å². The molecule has 0 saturated heterocycles. The Labute approximate surface area is 348 Å². The van der Waals surface area contributed by atoms with Crippen LogP contribution in [0.3, 0.4) is 0 Å². The first-order chi connectivity index (χ1) is 25.5. The standard InChI is InChI=1S/C21H25.C17H6F12.C5H5.2ClH.Zr/c1-20(2,3)16-9-7-14-11-15-8-10-17(21(4,5)6)13-19(15)18(14)12-16;18-14(19,20)10-2-8(3-11(6-10)15(21,22)23)1-9-4-12(16(24,25)26)7-13(5-9)17(27,28)29;1-2-4-5-3-1;;;/h7-13H,1-6H3;2-7H;1-3H,4H2;2*1H;/q;;;;;+2/p-2. The molecule has 4 aromatic rings. The van der Waals surface area contributed by atoms with Crippen molar-refractivity contribution < 1.29 is 98.8 Å². The smallest absolute Gasteiger partial charge is 1.00 e. The molecule has 0 aliphatic heterocycles. The van der Waals surface area contributed by atoms with Gasteiger partial charge in [-0.05, 0) is 0 Å². The van der Waals surface area contributed by atoms with Gasteiger partial charge in [-0.3, -0.25) is 0 Å². The van der Waals surface area contributed by atoms with Gasteiger partial charge in [-0.1, -0.05) is 0 Å². The van der Waals surface area contributed by atoms with Crippen molar-refractivity contribution in [3.8, 4) is 11.1 Å². The zero-order chi connectivity index (χ0) is 41.6. The summed E-state index contributed by atoms with van der Waals surface area (Å²) in [5.41, 5.74) is -4.48. The Kier molecular flexibility index (Phi) is 13.1. The molecule has 2 aliphatic rings. The number of benzene rings is 4. The number of hydrogen-bond acceptors (Lipinski definition) is 0. The number of allylic oxidation sites excluding steroid dienone is 4. The molecule has 0 radical (unpaired) electrons. The Morgan fingerprint density at radius 3 is 1.10 bits per heavy atom. The number of hydrogen-bond donors (Lipinski definition) is 0. The molecule has 6 rings (SSSR count). The molecule has 0 atom stereocenters. The third-order valence-electron chi connectivity index (χ3n) is 10.2. The molecule has 0 amide bonds. The summed E-state index contributed by atoms with van der Waals surface area (Å²) in [6.45, 7) is 12.0. The van der Waals surface area contributed by atoms with Gasteiger partial charge in [0.2, 0.25) is 0 Å². The van der Waals surface area contributed by atoms with Crippen LogP contribution in [0.25, 0.3) is 11.1 Å². The quantitative estimate of drug-likeness (QED) is 0.182. The fourth-order valence-electron chi connectivity index (χ4n) is 7.31. The van der Waals surface area contributed by atoms with Gasteiger partial charge in [0, 0.05) is 0 Å². The number of rotatable bonds is 4. The van der Waals surface area contributed by atoms with Gasteiger partial charge in [-0.25, -0.2) is 0 Å². The van der Waals surface area contributed by atoms with E-state index in [1.165, 1.54) is 0 Å². The summed E-state index contributed by atoms with van der Waals surface area (Å²) in [5, 5.41) is 0. The van der Waals surface area contributed by atoms with Crippen LogP contribution in [0.5, 0.6) is 0 Å². The molecule has 0 bridgehead atoms. The van der Waals surface area contributed by atoms with Crippen molar-refractivity contribution in [2.24, 2.45) is 0 Å². The van der Waals surface area contributed by atoms with Crippen LogP contribution in [0.2, 0.25) is 0 Å². The van der Waals surface area contributed by atoms with E-state index in [2.05, 4.69) is 0 Å². The third kappa shape index (κ3) is 9.57. The van der Waals surface area contributed by atoms with E-state index in [1.807, 2.05) is 77.9 Å². The van der Waals surface area contributed by atoms with Crippen molar-refractivity contribution >= 4 is 3.21 Å². The van der Waals surface area contributed by atoms with E-state index >= 15 is 0 Å². The van der Waals surface area contributed by atoms with E-state index in [4.69, 9.17) is 0 Å². The summed E-state index contributed by atoms with van der Waals surface area (Å²) in [5.74, 6) is 0. The van der Waals surface area contributed by atoms with E-state index in [0.717, 1.165) is 22.3 Å². The number of alkyl halides is 12. The molecule has 0 heterocycles. The van der Waals surface area contributed by atoms with Crippen molar-refractivity contribution in [2.45, 2.75) is 87.1 Å². The van der Waals surface area contributed by atoms with Gasteiger partial charge >= 0.3 is 325 Å². The van der Waals surface area contributed by atoms with Crippen molar-refractivity contribution in [1.82, 2.24) is 0 Å². The minimum atomic E-state index is -5.34. The first-order valence-electron chi connectivity index (χ1n) is 17.5. The topological polar surface area (TPSA) is 0 Å². The summed E-state index contributed by atoms with van der Waals surface area (Å²) in [6.07, 6.45) is -16.2. The fraction of sp³-hybridized carbons (Fsp3) is 0.326. The van der Waals surface area contributed by atoms with Crippen LogP contribution in [-0.2, 0) is 56.8 Å². The van der Waals surface area contributed by atoms with Crippen molar-refractivity contribution in [3.05, 3.63) is 150 Å². The molecule has 0 saturated carbocycles. The van der Waals surface area contributed by atoms with Crippen molar-refractivity contribution in [2.75, 3.05) is 0 Å². The molecule has 4 aromatic carbocycles. The minimum Gasteiger partial charge on any atom is -1.00 e. The maximum Gasteiger partial charge on any atom is -1.00 e. The number of halogens is 14. The maximum atomic E-state index is 14.4. The molecule has 0 N–H and O–H groups in total. The van der Waals surface area contributed by atoms with Crippen LogP contribution in [0, 0.1) is 0 Å². The van der Waals surface area contributed by atoms with Crippen molar-refractivity contribution in [1.29, 1.82) is 0 Å². The van der Waals surface area contributed by atoms with Crippen LogP contribution in [0.15, 0.2) is 94.3 Å². The summed E-state index contributed by atoms with van der Waals surface area (Å²) in [7, 11) is 0. The summed E-state index contributed by atoms with van der Waals surface area (Å²) >= 11 is -4.46. The second-order valence-corrected chi connectivity index (χ2v) is 22.5. The predicted octanol–water partition coefficient (Wildman–Crippen LogP) is 8.17. The first-order valence-corrected chi connectivity index (χ1v) is 21.4. The Balaban J connectivity index is 0.00000372. The number of fused-ring (bicyclic) bond motifs is 3. The van der Waals surface area contributed by atoms with E-state index in [-0.39, 0.29) is 57.4 Å². The monoisotopic (exact) mass is 940 g/mol. The van der Waals surface area contributed by atoms with Gasteiger partial charge < -0.3 is 24.8 Å². The van der Waals surface area contributed by atoms with Crippen LogP contribution in [-0.4, -0.2) is 3.21 Å². The van der Waals surface area contributed by atoms with E-state index in [1.54, 1.807) is 18.2 Å². The molecule has 0 aromatic heterocycles. The Morgan fingerprint density at radius 1 is 0.483 bits per heavy atom. The summed E-state index contributed by atoms with van der Waals surface area (Å²) < 4.78 is 173. The molecule has 0 fully saturated rings. The van der Waals surface area contributed by atoms with Gasteiger partial charge in [-0.15, -0.1) is 0 Å². The predicted molar refractivity (Wildman–Crippen MR) is 189 cm³/mol. The van der Waals surface area contributed by atoms with Crippen LogP contribution < -0.4 is 24.8 Å². The van der Waals surface area contributed by atoms with Crippen molar-refractivity contribution in [3.63, 3.8) is 0 Å². The van der Waals surface area contributed by atoms with Gasteiger partial charge in [0.05, 0.1) is 0 Å². The fourth-order valence-corrected chi connectivity index (χ4v) is 16.2. The van der Waals surface area contributed by atoms with Gasteiger partial charge in [0.25, 0.3) is 0 Å². The minimum absolute atomic E-state index is 0. The van der Waals surface area contributed by atoms with Crippen LogP contribution >= 0.6 is 0 Å². The molecule has 0 unspecified atom stereocenters. The second kappa shape index (κ2) is 16.0. The van der Waals surface area contributed by atoms with E-state index in [0.29, 0.717) is 38.7 Å². The molecular weight excluding hydrogens is 907 g/mol. The average molecular weight is 943 g/mol. The molecule has 0 nitrogen and oxygen atoms in total. The zero-order valence-electron chi connectivity index (χ0n) is 31.7. The Morgan fingerprint density at radius 2 is 0.828 bits per heavy atom. The van der Waals surface area contributed by atoms with Crippen LogP contribution in [0.1, 0.15) is 107 Å². The van der Waals surface area contributed by atoms with Gasteiger partial charge in [-0.2, -0.15) is 0 Å². The van der Waals surface area contributed by atoms with E-state index in [9.17, 15) is 52.7 Å². The summed E-state index contributed by atoms with van der Waals surface area (Å²) in [6, 6.07) is 12.8. The summed E-state index contributed by atoms with van der Waals surface area (Å²) in [4.78, 5) is 0. The first kappa shape index (κ1) is 47.5. The zero-order valence-corrected chi connectivity index (χ0v) is 35.7. The Hall–Kier alpha value is -3.15. The SMILES string of the molecule is CC(C)(C)c1ccc2c(c1)-c1cc(C(C)(C)C)ccc1[CH]2[Zr+2]([C]1=CC=CC1)=[C](c1cc(C(F)(F)F)cc(C(F)(F)F)c1)c1cc(C(F)(F)F)cc(C(F)(F)F)c1.[Cl-].[Cl-]. The largest absolute Gasteiger partial charge is 1.00 e. The van der Waals surface area contributed by atoms with Crippen LogP contribution in [0.4, 0.5) is 52.7 Å². The molecule has 15 heteroatoms.